The van der Waals surface area contributed by atoms with Crippen molar-refractivity contribution < 1.29 is 8.42 Å². The van der Waals surface area contributed by atoms with Gasteiger partial charge in [0.25, 0.3) is 0 Å². The molecule has 112 valence electrons. The van der Waals surface area contributed by atoms with Crippen molar-refractivity contribution in [1.82, 2.24) is 4.72 Å². The number of aryl methyl sites for hydroxylation is 1. The van der Waals surface area contributed by atoms with Gasteiger partial charge < -0.3 is 5.43 Å². The first-order valence-corrected chi connectivity index (χ1v) is 8.19. The highest BCUT2D eigenvalue weighted by molar-refractivity contribution is 7.89. The van der Waals surface area contributed by atoms with Gasteiger partial charge in [0.2, 0.25) is 10.0 Å². The lowest BCUT2D eigenvalue weighted by molar-refractivity contribution is 0.581. The van der Waals surface area contributed by atoms with Gasteiger partial charge in [-0.05, 0) is 29.7 Å². The molecule has 0 saturated carbocycles. The summed E-state index contributed by atoms with van der Waals surface area (Å²) in [4.78, 5) is 0.140. The number of nitrogens with two attached hydrogens (primary N) is 1. The number of hydrogen-bond donors (Lipinski definition) is 3. The number of anilines is 1. The quantitative estimate of drug-likeness (QED) is 0.563. The summed E-state index contributed by atoms with van der Waals surface area (Å²) in [7, 11) is -3.62. The zero-order valence-corrected chi connectivity index (χ0v) is 12.7. The average Bonchev–Trinajstić information content (AvgIpc) is 2.53. The van der Waals surface area contributed by atoms with Crippen LogP contribution in [0.2, 0.25) is 0 Å². The summed E-state index contributed by atoms with van der Waals surface area (Å²) in [6.45, 7) is 2.30. The Hall–Kier alpha value is -1.89. The predicted octanol–water partition coefficient (Wildman–Crippen LogP) is 2.01. The van der Waals surface area contributed by atoms with E-state index in [1.165, 1.54) is 6.07 Å². The molecule has 5 nitrogen and oxygen atoms in total. The summed E-state index contributed by atoms with van der Waals surface area (Å²) in [5, 5.41) is 0. The number of hydrazine groups is 1. The maximum Gasteiger partial charge on any atom is 0.242 e. The van der Waals surface area contributed by atoms with Crippen LogP contribution in [0.15, 0.2) is 53.4 Å². The van der Waals surface area contributed by atoms with Crippen LogP contribution in [0.25, 0.3) is 0 Å². The van der Waals surface area contributed by atoms with E-state index >= 15 is 0 Å². The molecule has 21 heavy (non-hydrogen) atoms. The van der Waals surface area contributed by atoms with Crippen LogP contribution in [-0.4, -0.2) is 8.42 Å². The third kappa shape index (κ3) is 3.60. The van der Waals surface area contributed by atoms with Crippen molar-refractivity contribution in [2.75, 3.05) is 5.43 Å². The number of rotatable bonds is 6. The Morgan fingerprint density at radius 3 is 2.29 bits per heavy atom. The maximum absolute atomic E-state index is 12.4. The molecule has 0 amide bonds. The molecule has 0 aliphatic rings. The first-order chi connectivity index (χ1) is 10.1. The summed E-state index contributed by atoms with van der Waals surface area (Å²) >= 11 is 0. The van der Waals surface area contributed by atoms with Gasteiger partial charge in [0.1, 0.15) is 4.90 Å². The molecule has 2 aromatic rings. The summed E-state index contributed by atoms with van der Waals surface area (Å²) in [6, 6.07) is 14.3. The van der Waals surface area contributed by atoms with Crippen molar-refractivity contribution in [3.8, 4) is 0 Å². The lowest BCUT2D eigenvalue weighted by Gasteiger charge is -2.12. The Kier molecular flexibility index (Phi) is 4.95. The molecular formula is C15H19N3O2S. The van der Waals surface area contributed by atoms with Gasteiger partial charge in [-0.3, -0.25) is 5.84 Å². The zero-order valence-electron chi connectivity index (χ0n) is 11.8. The number of nitrogens with one attached hydrogen (secondary N) is 2. The Bertz CT molecular complexity index is 714. The minimum absolute atomic E-state index is 0.140. The lowest BCUT2D eigenvalue weighted by atomic mass is 10.1. The normalized spacial score (nSPS) is 11.3. The van der Waals surface area contributed by atoms with Gasteiger partial charge in [-0.15, -0.1) is 0 Å². The van der Waals surface area contributed by atoms with Crippen molar-refractivity contribution >= 4 is 15.7 Å². The molecule has 0 spiro atoms. The van der Waals surface area contributed by atoms with E-state index in [1.807, 2.05) is 31.2 Å². The minimum atomic E-state index is -3.62. The first-order valence-electron chi connectivity index (χ1n) is 6.70. The Morgan fingerprint density at radius 2 is 1.62 bits per heavy atom. The summed E-state index contributed by atoms with van der Waals surface area (Å²) in [5.74, 6) is 5.36. The Morgan fingerprint density at radius 1 is 1.00 bits per heavy atom. The van der Waals surface area contributed by atoms with Crippen molar-refractivity contribution in [2.24, 2.45) is 5.84 Å². The van der Waals surface area contributed by atoms with Crippen molar-refractivity contribution in [2.45, 2.75) is 24.8 Å². The largest absolute Gasteiger partial charge is 0.323 e. The van der Waals surface area contributed by atoms with E-state index < -0.39 is 10.0 Å². The molecule has 0 heterocycles. The standard InChI is InChI=1S/C15H19N3O2S/c1-2-12-7-3-4-8-13(12)11-17-21(19,20)15-10-6-5-9-14(15)18-16/h3-10,17-18H,2,11,16H2,1H3. The van der Waals surface area contributed by atoms with Gasteiger partial charge in [0.05, 0.1) is 5.69 Å². The highest BCUT2D eigenvalue weighted by Crippen LogP contribution is 2.20. The van der Waals surface area contributed by atoms with Crippen LogP contribution in [0.1, 0.15) is 18.1 Å². The van der Waals surface area contributed by atoms with E-state index in [0.29, 0.717) is 5.69 Å². The second-order valence-electron chi connectivity index (χ2n) is 4.59. The molecule has 0 atom stereocenters. The molecule has 0 bridgehead atoms. The van der Waals surface area contributed by atoms with Gasteiger partial charge in [-0.2, -0.15) is 0 Å². The second-order valence-corrected chi connectivity index (χ2v) is 6.32. The van der Waals surface area contributed by atoms with Gasteiger partial charge in [-0.1, -0.05) is 43.3 Å². The topological polar surface area (TPSA) is 84.2 Å². The van der Waals surface area contributed by atoms with Crippen molar-refractivity contribution in [3.63, 3.8) is 0 Å². The van der Waals surface area contributed by atoms with Gasteiger partial charge in [0, 0.05) is 6.54 Å². The molecule has 0 saturated heterocycles. The number of para-hydroxylation sites is 1. The molecule has 0 radical (unpaired) electrons. The molecule has 0 aromatic heterocycles. The van der Waals surface area contributed by atoms with E-state index in [1.54, 1.807) is 18.2 Å². The number of nitrogen functional groups attached to an aromatic ring is 1. The van der Waals surface area contributed by atoms with Crippen LogP contribution in [0, 0.1) is 0 Å². The Labute approximate surface area is 125 Å². The molecule has 0 aliphatic heterocycles. The van der Waals surface area contributed by atoms with Gasteiger partial charge in [0.15, 0.2) is 0 Å². The predicted molar refractivity (Wildman–Crippen MR) is 84.1 cm³/mol. The molecule has 2 aromatic carbocycles. The van der Waals surface area contributed by atoms with Crippen molar-refractivity contribution in [1.29, 1.82) is 0 Å². The molecule has 0 aliphatic carbocycles. The second kappa shape index (κ2) is 6.71. The smallest absolute Gasteiger partial charge is 0.242 e. The molecule has 0 fully saturated rings. The van der Waals surface area contributed by atoms with Crippen molar-refractivity contribution in [3.05, 3.63) is 59.7 Å². The average molecular weight is 305 g/mol. The highest BCUT2D eigenvalue weighted by atomic mass is 32.2. The fraction of sp³-hybridized carbons (Fsp3) is 0.200. The van der Waals surface area contributed by atoms with Crippen LogP contribution < -0.4 is 16.0 Å². The third-order valence-electron chi connectivity index (χ3n) is 3.28. The summed E-state index contributed by atoms with van der Waals surface area (Å²) in [5.41, 5.74) is 4.88. The van der Waals surface area contributed by atoms with Crippen LogP contribution in [0.4, 0.5) is 5.69 Å². The monoisotopic (exact) mass is 305 g/mol. The highest BCUT2D eigenvalue weighted by Gasteiger charge is 2.17. The Balaban J connectivity index is 2.22. The molecule has 6 heteroatoms. The number of benzene rings is 2. The van der Waals surface area contributed by atoms with E-state index in [0.717, 1.165) is 17.5 Å². The first kappa shape index (κ1) is 15.5. The fourth-order valence-corrected chi connectivity index (χ4v) is 3.32. The molecular weight excluding hydrogens is 286 g/mol. The van der Waals surface area contributed by atoms with Crippen LogP contribution >= 0.6 is 0 Å². The third-order valence-corrected chi connectivity index (χ3v) is 4.74. The van der Waals surface area contributed by atoms with E-state index in [2.05, 4.69) is 10.1 Å². The summed E-state index contributed by atoms with van der Waals surface area (Å²) < 4.78 is 27.4. The zero-order chi connectivity index (χ0) is 15.3. The summed E-state index contributed by atoms with van der Waals surface area (Å²) in [6.07, 6.45) is 0.860. The van der Waals surface area contributed by atoms with E-state index in [9.17, 15) is 8.42 Å². The van der Waals surface area contributed by atoms with Crippen LogP contribution in [0.5, 0.6) is 0 Å². The van der Waals surface area contributed by atoms with Crippen LogP contribution in [0.3, 0.4) is 0 Å². The van der Waals surface area contributed by atoms with Gasteiger partial charge >= 0.3 is 0 Å². The molecule has 4 N–H and O–H groups in total. The molecule has 0 unspecified atom stereocenters. The molecule has 2 rings (SSSR count). The fourth-order valence-electron chi connectivity index (χ4n) is 2.15. The minimum Gasteiger partial charge on any atom is -0.323 e. The van der Waals surface area contributed by atoms with Crippen LogP contribution in [-0.2, 0) is 23.0 Å². The van der Waals surface area contributed by atoms with E-state index in [-0.39, 0.29) is 11.4 Å². The number of hydrogen-bond acceptors (Lipinski definition) is 4. The van der Waals surface area contributed by atoms with E-state index in [4.69, 9.17) is 5.84 Å². The maximum atomic E-state index is 12.4. The van der Waals surface area contributed by atoms with Gasteiger partial charge in [-0.25, -0.2) is 13.1 Å². The lowest BCUT2D eigenvalue weighted by Crippen LogP contribution is -2.25. The number of sulfonamides is 1. The SMILES string of the molecule is CCc1ccccc1CNS(=O)(=O)c1ccccc1NN.